The molecule has 0 saturated carbocycles. The fourth-order valence-corrected chi connectivity index (χ4v) is 3.35. The summed E-state index contributed by atoms with van der Waals surface area (Å²) in [6.45, 7) is 0.572. The van der Waals surface area contributed by atoms with Crippen LogP contribution in [0.5, 0.6) is 5.75 Å². The van der Waals surface area contributed by atoms with Gasteiger partial charge in [0.25, 0.3) is 10.0 Å². The van der Waals surface area contributed by atoms with Crippen LogP contribution in [0.2, 0.25) is 0 Å². The van der Waals surface area contributed by atoms with Crippen LogP contribution in [0.15, 0.2) is 47.4 Å². The number of rotatable bonds is 3. The highest BCUT2D eigenvalue weighted by Gasteiger charge is 2.20. The summed E-state index contributed by atoms with van der Waals surface area (Å²) in [7, 11) is -3.76. The minimum absolute atomic E-state index is 0.0114. The fraction of sp³-hybridized carbons (Fsp3) is 0.200. The zero-order valence-electron chi connectivity index (χ0n) is 11.2. The summed E-state index contributed by atoms with van der Waals surface area (Å²) in [5.41, 5.74) is 1.40. The Balaban J connectivity index is 1.94. The van der Waals surface area contributed by atoms with Crippen LogP contribution in [0.3, 0.4) is 0 Å². The fourth-order valence-electron chi connectivity index (χ4n) is 2.29. The topological polar surface area (TPSA) is 55.4 Å². The zero-order chi connectivity index (χ0) is 14.9. The van der Waals surface area contributed by atoms with E-state index in [1.54, 1.807) is 12.1 Å². The van der Waals surface area contributed by atoms with Crippen molar-refractivity contribution in [3.63, 3.8) is 0 Å². The van der Waals surface area contributed by atoms with Crippen molar-refractivity contribution in [2.75, 3.05) is 11.3 Å². The third-order valence-corrected chi connectivity index (χ3v) is 4.68. The Morgan fingerprint density at radius 1 is 1.10 bits per heavy atom. The predicted molar refractivity (Wildman–Crippen MR) is 77.5 cm³/mol. The van der Waals surface area contributed by atoms with E-state index in [2.05, 4.69) is 4.72 Å². The molecule has 0 saturated heterocycles. The molecule has 0 aliphatic carbocycles. The molecule has 0 bridgehead atoms. The van der Waals surface area contributed by atoms with E-state index >= 15 is 0 Å². The van der Waals surface area contributed by atoms with E-state index in [1.165, 1.54) is 12.1 Å². The average Bonchev–Trinajstić information content (AvgIpc) is 2.48. The van der Waals surface area contributed by atoms with Crippen molar-refractivity contribution >= 4 is 15.7 Å². The third kappa shape index (κ3) is 2.85. The second-order valence-corrected chi connectivity index (χ2v) is 6.49. The van der Waals surface area contributed by atoms with E-state index in [1.807, 2.05) is 6.07 Å². The third-order valence-electron chi connectivity index (χ3n) is 3.30. The quantitative estimate of drug-likeness (QED) is 0.948. The maximum atomic E-state index is 12.9. The Morgan fingerprint density at radius 3 is 2.62 bits per heavy atom. The van der Waals surface area contributed by atoms with E-state index in [4.69, 9.17) is 4.74 Å². The molecule has 1 aliphatic rings. The van der Waals surface area contributed by atoms with Crippen LogP contribution in [0.25, 0.3) is 0 Å². The number of nitrogens with one attached hydrogen (secondary N) is 1. The lowest BCUT2D eigenvalue weighted by atomic mass is 10.1. The van der Waals surface area contributed by atoms with Gasteiger partial charge in [-0.15, -0.1) is 0 Å². The second-order valence-electron chi connectivity index (χ2n) is 4.81. The molecule has 0 atom stereocenters. The van der Waals surface area contributed by atoms with E-state index < -0.39 is 15.8 Å². The summed E-state index contributed by atoms with van der Waals surface area (Å²) in [6.07, 6.45) is 1.78. The monoisotopic (exact) mass is 307 g/mol. The zero-order valence-corrected chi connectivity index (χ0v) is 12.0. The highest BCUT2D eigenvalue weighted by atomic mass is 32.2. The van der Waals surface area contributed by atoms with E-state index in [0.717, 1.165) is 30.5 Å². The minimum atomic E-state index is -3.76. The number of benzene rings is 2. The summed E-state index contributed by atoms with van der Waals surface area (Å²) in [5.74, 6) is 0.101. The van der Waals surface area contributed by atoms with Gasteiger partial charge in [0.2, 0.25) is 0 Å². The molecule has 0 radical (unpaired) electrons. The maximum absolute atomic E-state index is 12.9. The summed E-state index contributed by atoms with van der Waals surface area (Å²) < 4.78 is 45.6. The molecule has 4 nitrogen and oxygen atoms in total. The maximum Gasteiger partial charge on any atom is 0.262 e. The molecule has 0 fully saturated rings. The van der Waals surface area contributed by atoms with Gasteiger partial charge in [-0.3, -0.25) is 4.72 Å². The van der Waals surface area contributed by atoms with E-state index in [-0.39, 0.29) is 4.90 Å². The molecule has 3 rings (SSSR count). The molecule has 0 spiro atoms. The normalized spacial score (nSPS) is 14.1. The first-order valence-corrected chi connectivity index (χ1v) is 8.08. The first-order valence-electron chi connectivity index (χ1n) is 6.59. The highest BCUT2D eigenvalue weighted by molar-refractivity contribution is 7.92. The molecule has 21 heavy (non-hydrogen) atoms. The standard InChI is InChI=1S/C15H14FNO3S/c16-12-6-8-13(9-7-12)21(18,19)17-14-5-1-3-11-4-2-10-20-15(11)14/h1,3,5-9,17H,2,4,10H2. The highest BCUT2D eigenvalue weighted by Crippen LogP contribution is 2.34. The van der Waals surface area contributed by atoms with Crippen LogP contribution < -0.4 is 9.46 Å². The molecule has 1 heterocycles. The number of aryl methyl sites for hydroxylation is 1. The number of anilines is 1. The summed E-state index contributed by atoms with van der Waals surface area (Å²) in [6, 6.07) is 10.1. The summed E-state index contributed by atoms with van der Waals surface area (Å²) in [4.78, 5) is 0.0114. The van der Waals surface area contributed by atoms with Gasteiger partial charge in [-0.05, 0) is 48.7 Å². The Labute approximate surface area is 122 Å². The minimum Gasteiger partial charge on any atom is -0.491 e. The van der Waals surface area contributed by atoms with Gasteiger partial charge in [0.05, 0.1) is 17.2 Å². The number of ether oxygens (including phenoxy) is 1. The van der Waals surface area contributed by atoms with E-state index in [9.17, 15) is 12.8 Å². The number of hydrogen-bond acceptors (Lipinski definition) is 3. The van der Waals surface area contributed by atoms with Crippen LogP contribution in [0.4, 0.5) is 10.1 Å². The largest absolute Gasteiger partial charge is 0.491 e. The lowest BCUT2D eigenvalue weighted by molar-refractivity contribution is 0.290. The molecule has 0 unspecified atom stereocenters. The Bertz CT molecular complexity index is 757. The smallest absolute Gasteiger partial charge is 0.262 e. The van der Waals surface area contributed by atoms with Gasteiger partial charge in [0.1, 0.15) is 11.6 Å². The van der Waals surface area contributed by atoms with Crippen LogP contribution >= 0.6 is 0 Å². The first kappa shape index (κ1) is 13.9. The SMILES string of the molecule is O=S(=O)(Nc1cccc2c1OCCC2)c1ccc(F)cc1. The molecule has 110 valence electrons. The molecule has 2 aromatic rings. The number of fused-ring (bicyclic) bond motifs is 1. The van der Waals surface area contributed by atoms with E-state index in [0.29, 0.717) is 18.0 Å². The summed E-state index contributed by atoms with van der Waals surface area (Å²) in [5, 5.41) is 0. The molecule has 2 aromatic carbocycles. The van der Waals surface area contributed by atoms with Crippen LogP contribution in [-0.2, 0) is 16.4 Å². The molecule has 6 heteroatoms. The van der Waals surface area contributed by atoms with Gasteiger partial charge in [-0.1, -0.05) is 12.1 Å². The number of hydrogen-bond donors (Lipinski definition) is 1. The lowest BCUT2D eigenvalue weighted by Gasteiger charge is -2.20. The Kier molecular flexibility index (Phi) is 3.55. The first-order chi connectivity index (χ1) is 10.1. The van der Waals surface area contributed by atoms with Crippen LogP contribution in [0, 0.1) is 5.82 Å². The lowest BCUT2D eigenvalue weighted by Crippen LogP contribution is -2.16. The van der Waals surface area contributed by atoms with Crippen molar-refractivity contribution < 1.29 is 17.5 Å². The van der Waals surface area contributed by atoms with Gasteiger partial charge in [-0.2, -0.15) is 0 Å². The van der Waals surface area contributed by atoms with Crippen LogP contribution in [0.1, 0.15) is 12.0 Å². The number of halogens is 1. The molecule has 1 N–H and O–H groups in total. The van der Waals surface area contributed by atoms with Crippen molar-refractivity contribution in [2.45, 2.75) is 17.7 Å². The van der Waals surface area contributed by atoms with Crippen molar-refractivity contribution in [3.05, 3.63) is 53.8 Å². The molecule has 0 aromatic heterocycles. The molecular formula is C15H14FNO3S. The number of para-hydroxylation sites is 1. The summed E-state index contributed by atoms with van der Waals surface area (Å²) >= 11 is 0. The second kappa shape index (κ2) is 5.37. The van der Waals surface area contributed by atoms with Crippen LogP contribution in [-0.4, -0.2) is 15.0 Å². The van der Waals surface area contributed by atoms with Crippen molar-refractivity contribution in [1.29, 1.82) is 0 Å². The van der Waals surface area contributed by atoms with Gasteiger partial charge in [0.15, 0.2) is 0 Å². The molecule has 0 amide bonds. The Hall–Kier alpha value is -2.08. The van der Waals surface area contributed by atoms with Crippen molar-refractivity contribution in [3.8, 4) is 5.75 Å². The average molecular weight is 307 g/mol. The number of sulfonamides is 1. The van der Waals surface area contributed by atoms with Gasteiger partial charge < -0.3 is 4.74 Å². The molecule has 1 aliphatic heterocycles. The molecular weight excluding hydrogens is 293 g/mol. The Morgan fingerprint density at radius 2 is 1.86 bits per heavy atom. The predicted octanol–water partition coefficient (Wildman–Crippen LogP) is 2.95. The van der Waals surface area contributed by atoms with Gasteiger partial charge in [0, 0.05) is 0 Å². The van der Waals surface area contributed by atoms with Crippen molar-refractivity contribution in [2.24, 2.45) is 0 Å². The van der Waals surface area contributed by atoms with Gasteiger partial charge in [-0.25, -0.2) is 12.8 Å². The van der Waals surface area contributed by atoms with Crippen molar-refractivity contribution in [1.82, 2.24) is 0 Å². The van der Waals surface area contributed by atoms with Gasteiger partial charge >= 0.3 is 0 Å².